The second-order valence-electron chi connectivity index (χ2n) is 8.84. The molecule has 0 aliphatic carbocycles. The minimum Gasteiger partial charge on any atom is -0.361 e. The molecular weight excluding hydrogens is 466 g/mol. The lowest BCUT2D eigenvalue weighted by Gasteiger charge is -2.40. The first-order valence-electron chi connectivity index (χ1n) is 11.9. The zero-order valence-electron chi connectivity index (χ0n) is 19.5. The molecule has 0 radical (unpaired) electrons. The van der Waals surface area contributed by atoms with Gasteiger partial charge < -0.3 is 14.7 Å². The molecule has 2 saturated heterocycles. The standard InChI is InChI=1S/C25H27N5O4S/c1-2-18-16-20(28-34-18)22(31)29-12-8-17(9-13-29)25(21-7-3-4-11-26-21)23(32)30(24(33)27-25)14-10-19-6-5-15-35-19/h3-7,11,15-17H,2,8-10,12-14H2,1H3,(H,27,33)/t25-/m1/s1. The topological polar surface area (TPSA) is 109 Å². The molecule has 1 N–H and O–H groups in total. The molecule has 10 heteroatoms. The lowest BCUT2D eigenvalue weighted by Crippen LogP contribution is -2.54. The van der Waals surface area contributed by atoms with Crippen LogP contribution in [0, 0.1) is 5.92 Å². The highest BCUT2D eigenvalue weighted by Crippen LogP contribution is 2.41. The van der Waals surface area contributed by atoms with E-state index in [1.54, 1.807) is 40.6 Å². The molecule has 3 aromatic heterocycles. The number of piperidine rings is 1. The molecule has 0 spiro atoms. The molecule has 0 bridgehead atoms. The van der Waals surface area contributed by atoms with E-state index in [2.05, 4.69) is 15.5 Å². The fraction of sp³-hybridized carbons (Fsp3) is 0.400. The number of hydrogen-bond donors (Lipinski definition) is 1. The molecule has 2 aliphatic rings. The summed E-state index contributed by atoms with van der Waals surface area (Å²) in [6.07, 6.45) is 4.01. The van der Waals surface area contributed by atoms with Crippen molar-refractivity contribution in [2.45, 2.75) is 38.1 Å². The van der Waals surface area contributed by atoms with Gasteiger partial charge in [-0.15, -0.1) is 11.3 Å². The highest BCUT2D eigenvalue weighted by atomic mass is 32.1. The van der Waals surface area contributed by atoms with Gasteiger partial charge in [0.05, 0.1) is 5.69 Å². The number of carbonyl (C=O) groups is 3. The van der Waals surface area contributed by atoms with Crippen molar-refractivity contribution in [3.63, 3.8) is 0 Å². The number of amides is 4. The first-order chi connectivity index (χ1) is 17.0. The van der Waals surface area contributed by atoms with Crippen molar-refractivity contribution in [3.8, 4) is 0 Å². The van der Waals surface area contributed by atoms with Gasteiger partial charge in [0.2, 0.25) is 0 Å². The Labute approximate surface area is 207 Å². The number of hydrogen-bond acceptors (Lipinski definition) is 7. The summed E-state index contributed by atoms with van der Waals surface area (Å²) in [5.41, 5.74) is -0.415. The fourth-order valence-corrected chi connectivity index (χ4v) is 5.69. The van der Waals surface area contributed by atoms with Gasteiger partial charge in [0.15, 0.2) is 11.2 Å². The van der Waals surface area contributed by atoms with Gasteiger partial charge >= 0.3 is 6.03 Å². The first-order valence-corrected chi connectivity index (χ1v) is 12.7. The molecule has 182 valence electrons. The zero-order valence-corrected chi connectivity index (χ0v) is 20.3. The smallest absolute Gasteiger partial charge is 0.325 e. The van der Waals surface area contributed by atoms with Crippen molar-refractivity contribution < 1.29 is 18.9 Å². The number of aromatic nitrogens is 2. The van der Waals surface area contributed by atoms with Gasteiger partial charge in [0.25, 0.3) is 11.8 Å². The predicted octanol–water partition coefficient (Wildman–Crippen LogP) is 3.24. The fourth-order valence-electron chi connectivity index (χ4n) is 4.99. The average molecular weight is 494 g/mol. The van der Waals surface area contributed by atoms with Crippen LogP contribution in [0.3, 0.4) is 0 Å². The molecule has 0 unspecified atom stereocenters. The summed E-state index contributed by atoms with van der Waals surface area (Å²) < 4.78 is 5.19. The summed E-state index contributed by atoms with van der Waals surface area (Å²) in [4.78, 5) is 48.5. The van der Waals surface area contributed by atoms with Crippen molar-refractivity contribution >= 4 is 29.2 Å². The molecule has 2 aliphatic heterocycles. The van der Waals surface area contributed by atoms with Crippen LogP contribution in [0.4, 0.5) is 4.79 Å². The summed E-state index contributed by atoms with van der Waals surface area (Å²) in [7, 11) is 0. The Morgan fingerprint density at radius 3 is 2.71 bits per heavy atom. The van der Waals surface area contributed by atoms with Crippen molar-refractivity contribution in [2.75, 3.05) is 19.6 Å². The monoisotopic (exact) mass is 493 g/mol. The number of aryl methyl sites for hydroxylation is 1. The quantitative estimate of drug-likeness (QED) is 0.506. The molecule has 3 aromatic rings. The molecule has 0 aromatic carbocycles. The maximum absolute atomic E-state index is 13.9. The number of imide groups is 1. The number of nitrogens with one attached hydrogen (secondary N) is 1. The van der Waals surface area contributed by atoms with Crippen molar-refractivity contribution in [2.24, 2.45) is 5.92 Å². The van der Waals surface area contributed by atoms with Crippen LogP contribution in [0.5, 0.6) is 0 Å². The van der Waals surface area contributed by atoms with Gasteiger partial charge in [0.1, 0.15) is 5.76 Å². The summed E-state index contributed by atoms with van der Waals surface area (Å²) in [6, 6.07) is 10.6. The Hall–Kier alpha value is -3.53. The second kappa shape index (κ2) is 9.61. The van der Waals surface area contributed by atoms with Crippen molar-refractivity contribution in [1.29, 1.82) is 0 Å². The van der Waals surface area contributed by atoms with E-state index in [4.69, 9.17) is 4.52 Å². The van der Waals surface area contributed by atoms with Gasteiger partial charge in [-0.25, -0.2) is 4.79 Å². The summed E-state index contributed by atoms with van der Waals surface area (Å²) in [5.74, 6) is 0.0113. The Morgan fingerprint density at radius 1 is 1.23 bits per heavy atom. The summed E-state index contributed by atoms with van der Waals surface area (Å²) in [5, 5.41) is 8.90. The maximum atomic E-state index is 13.9. The van der Waals surface area contributed by atoms with Gasteiger partial charge in [-0.1, -0.05) is 24.2 Å². The van der Waals surface area contributed by atoms with Crippen molar-refractivity contribution in [1.82, 2.24) is 25.3 Å². The maximum Gasteiger partial charge on any atom is 0.325 e. The number of carbonyl (C=O) groups excluding carboxylic acids is 3. The molecule has 2 fully saturated rings. The van der Waals surface area contributed by atoms with Crippen LogP contribution in [0.15, 0.2) is 52.5 Å². The predicted molar refractivity (Wildman–Crippen MR) is 129 cm³/mol. The third kappa shape index (κ3) is 4.22. The van der Waals surface area contributed by atoms with Crippen LogP contribution in [-0.2, 0) is 23.2 Å². The molecule has 5 rings (SSSR count). The lowest BCUT2D eigenvalue weighted by atomic mass is 9.75. The normalized spacial score (nSPS) is 20.9. The zero-order chi connectivity index (χ0) is 24.4. The van der Waals surface area contributed by atoms with Gasteiger partial charge in [-0.05, 0) is 42.8 Å². The molecule has 1 atom stereocenters. The largest absolute Gasteiger partial charge is 0.361 e. The van der Waals surface area contributed by atoms with Crippen LogP contribution in [0.1, 0.15) is 46.6 Å². The van der Waals surface area contributed by atoms with Gasteiger partial charge in [0, 0.05) is 49.1 Å². The number of rotatable bonds is 7. The highest BCUT2D eigenvalue weighted by molar-refractivity contribution is 7.09. The SMILES string of the molecule is CCc1cc(C(=O)N2CCC([C@]3(c4ccccn4)NC(=O)N(CCc4cccs4)C3=O)CC2)no1. The highest BCUT2D eigenvalue weighted by Gasteiger charge is 2.58. The van der Waals surface area contributed by atoms with Crippen LogP contribution in [0.2, 0.25) is 0 Å². The Morgan fingerprint density at radius 2 is 2.06 bits per heavy atom. The van der Waals surface area contributed by atoms with E-state index < -0.39 is 11.6 Å². The van der Waals surface area contributed by atoms with E-state index in [0.717, 1.165) is 4.88 Å². The molecule has 5 heterocycles. The molecule has 0 saturated carbocycles. The second-order valence-corrected chi connectivity index (χ2v) is 9.87. The minimum atomic E-state index is -1.24. The minimum absolute atomic E-state index is 0.182. The number of pyridine rings is 1. The number of nitrogens with zero attached hydrogens (tertiary/aromatic N) is 4. The van der Waals surface area contributed by atoms with E-state index >= 15 is 0 Å². The van der Waals surface area contributed by atoms with Crippen LogP contribution < -0.4 is 5.32 Å². The average Bonchev–Trinajstić information content (AvgIpc) is 3.64. The van der Waals surface area contributed by atoms with E-state index in [-0.39, 0.29) is 17.7 Å². The third-order valence-electron chi connectivity index (χ3n) is 6.88. The van der Waals surface area contributed by atoms with E-state index in [1.165, 1.54) is 4.90 Å². The Kier molecular flexibility index (Phi) is 6.38. The number of urea groups is 1. The summed E-state index contributed by atoms with van der Waals surface area (Å²) in [6.45, 7) is 3.15. The van der Waals surface area contributed by atoms with Crippen LogP contribution in [-0.4, -0.2) is 57.4 Å². The summed E-state index contributed by atoms with van der Waals surface area (Å²) >= 11 is 1.61. The first kappa shape index (κ1) is 23.2. The Balaban J connectivity index is 1.36. The van der Waals surface area contributed by atoms with Gasteiger partial charge in [-0.2, -0.15) is 0 Å². The number of likely N-dealkylation sites (tertiary alicyclic amines) is 1. The van der Waals surface area contributed by atoms with Crippen molar-refractivity contribution in [3.05, 3.63) is 70.0 Å². The third-order valence-corrected chi connectivity index (χ3v) is 7.82. The van der Waals surface area contributed by atoms with E-state index in [1.807, 2.05) is 30.5 Å². The lowest BCUT2D eigenvalue weighted by molar-refractivity contribution is -0.134. The van der Waals surface area contributed by atoms with E-state index in [0.29, 0.717) is 62.5 Å². The Bertz CT molecular complexity index is 1200. The van der Waals surface area contributed by atoms with Crippen LogP contribution in [0.25, 0.3) is 0 Å². The molecule has 4 amide bonds. The number of thiophene rings is 1. The molecule has 35 heavy (non-hydrogen) atoms. The van der Waals surface area contributed by atoms with Gasteiger partial charge in [-0.3, -0.25) is 19.5 Å². The molecule has 9 nitrogen and oxygen atoms in total. The van der Waals surface area contributed by atoms with Crippen LogP contribution >= 0.6 is 11.3 Å². The molecular formula is C25H27N5O4S. The van der Waals surface area contributed by atoms with E-state index in [9.17, 15) is 14.4 Å².